The molecule has 0 amide bonds. The SMILES string of the molecule is c1ccc(-c2cccc(-c3ccc(-c4nc(-c5ccccc5)nc(-c5ccccc5)n4)c4c3oc3cc5ccccc5cc34)c2)cc1. The minimum absolute atomic E-state index is 0.600. The number of hydrogen-bond donors (Lipinski definition) is 0. The van der Waals surface area contributed by atoms with Gasteiger partial charge in [-0.2, -0.15) is 0 Å². The zero-order valence-electron chi connectivity index (χ0n) is 25.3. The lowest BCUT2D eigenvalue weighted by molar-refractivity contribution is 0.670. The van der Waals surface area contributed by atoms with Gasteiger partial charge >= 0.3 is 0 Å². The molecule has 2 aromatic heterocycles. The van der Waals surface area contributed by atoms with Crippen molar-refractivity contribution in [3.8, 4) is 56.4 Å². The van der Waals surface area contributed by atoms with Gasteiger partial charge in [-0.25, -0.2) is 15.0 Å². The number of benzene rings is 7. The van der Waals surface area contributed by atoms with Gasteiger partial charge in [-0.15, -0.1) is 0 Å². The van der Waals surface area contributed by atoms with Gasteiger partial charge in [-0.3, -0.25) is 0 Å². The summed E-state index contributed by atoms with van der Waals surface area (Å²) in [6.07, 6.45) is 0. The van der Waals surface area contributed by atoms with Crippen LogP contribution in [0, 0.1) is 0 Å². The third-order valence-electron chi connectivity index (χ3n) is 8.71. The van der Waals surface area contributed by atoms with Gasteiger partial charge in [0.05, 0.1) is 0 Å². The summed E-state index contributed by atoms with van der Waals surface area (Å²) in [7, 11) is 0. The first kappa shape index (κ1) is 27.0. The van der Waals surface area contributed by atoms with Gasteiger partial charge in [-0.1, -0.05) is 133 Å². The first-order chi connectivity index (χ1) is 23.3. The Hall–Kier alpha value is -6.39. The van der Waals surface area contributed by atoms with Crippen LogP contribution in [0.25, 0.3) is 89.1 Å². The van der Waals surface area contributed by atoms with Crippen LogP contribution < -0.4 is 0 Å². The van der Waals surface area contributed by atoms with E-state index in [1.165, 1.54) is 5.56 Å². The van der Waals surface area contributed by atoms with Gasteiger partial charge in [0.2, 0.25) is 0 Å². The van der Waals surface area contributed by atoms with Crippen LogP contribution in [-0.4, -0.2) is 15.0 Å². The fourth-order valence-corrected chi connectivity index (χ4v) is 6.40. The highest BCUT2D eigenvalue weighted by Gasteiger charge is 2.21. The van der Waals surface area contributed by atoms with E-state index in [0.29, 0.717) is 17.5 Å². The maximum atomic E-state index is 6.81. The Morgan fingerprint density at radius 2 is 0.872 bits per heavy atom. The molecule has 0 radical (unpaired) electrons. The number of aromatic nitrogens is 3. The lowest BCUT2D eigenvalue weighted by atomic mass is 9.95. The van der Waals surface area contributed by atoms with E-state index >= 15 is 0 Å². The monoisotopic (exact) mass is 601 g/mol. The molecule has 0 aliphatic carbocycles. The molecular formula is C43H27N3O. The van der Waals surface area contributed by atoms with E-state index in [-0.39, 0.29) is 0 Å². The molecule has 7 aromatic carbocycles. The molecular weight excluding hydrogens is 574 g/mol. The molecule has 0 saturated carbocycles. The van der Waals surface area contributed by atoms with Crippen molar-refractivity contribution >= 4 is 32.7 Å². The third-order valence-corrected chi connectivity index (χ3v) is 8.71. The van der Waals surface area contributed by atoms with E-state index in [4.69, 9.17) is 19.4 Å². The van der Waals surface area contributed by atoms with Gasteiger partial charge in [0.1, 0.15) is 11.2 Å². The maximum Gasteiger partial charge on any atom is 0.164 e. The van der Waals surface area contributed by atoms with E-state index in [0.717, 1.165) is 66.1 Å². The van der Waals surface area contributed by atoms with Gasteiger partial charge in [0, 0.05) is 33.0 Å². The van der Waals surface area contributed by atoms with Crippen molar-refractivity contribution in [2.75, 3.05) is 0 Å². The Kier molecular flexibility index (Phi) is 6.43. The van der Waals surface area contributed by atoms with Gasteiger partial charge < -0.3 is 4.42 Å². The van der Waals surface area contributed by atoms with Crippen LogP contribution in [-0.2, 0) is 0 Å². The van der Waals surface area contributed by atoms with Crippen molar-refractivity contribution in [2.24, 2.45) is 0 Å². The zero-order valence-corrected chi connectivity index (χ0v) is 25.3. The lowest BCUT2D eigenvalue weighted by Gasteiger charge is -2.11. The normalized spacial score (nSPS) is 11.4. The predicted molar refractivity (Wildman–Crippen MR) is 192 cm³/mol. The molecule has 9 aromatic rings. The highest BCUT2D eigenvalue weighted by molar-refractivity contribution is 6.18. The Bertz CT molecular complexity index is 2500. The third kappa shape index (κ3) is 4.84. The van der Waals surface area contributed by atoms with E-state index < -0.39 is 0 Å². The summed E-state index contributed by atoms with van der Waals surface area (Å²) in [5.74, 6) is 1.85. The van der Waals surface area contributed by atoms with Gasteiger partial charge in [0.25, 0.3) is 0 Å². The van der Waals surface area contributed by atoms with E-state index in [1.807, 2.05) is 66.7 Å². The predicted octanol–water partition coefficient (Wildman–Crippen LogP) is 11.3. The van der Waals surface area contributed by atoms with E-state index in [1.54, 1.807) is 0 Å². The topological polar surface area (TPSA) is 51.8 Å². The summed E-state index contributed by atoms with van der Waals surface area (Å²) in [5.41, 5.74) is 8.81. The van der Waals surface area contributed by atoms with Crippen LogP contribution in [0.2, 0.25) is 0 Å². The molecule has 0 fully saturated rings. The van der Waals surface area contributed by atoms with E-state index in [2.05, 4.69) is 97.1 Å². The molecule has 4 heteroatoms. The van der Waals surface area contributed by atoms with Crippen LogP contribution in [0.15, 0.2) is 168 Å². The lowest BCUT2D eigenvalue weighted by Crippen LogP contribution is -2.00. The fourth-order valence-electron chi connectivity index (χ4n) is 6.40. The van der Waals surface area contributed by atoms with Crippen LogP contribution in [0.3, 0.4) is 0 Å². The summed E-state index contributed by atoms with van der Waals surface area (Å²) < 4.78 is 6.81. The van der Waals surface area contributed by atoms with Gasteiger partial charge in [0.15, 0.2) is 17.5 Å². The molecule has 0 unspecified atom stereocenters. The number of furan rings is 1. The van der Waals surface area contributed by atoms with Crippen LogP contribution in [0.5, 0.6) is 0 Å². The van der Waals surface area contributed by atoms with Crippen molar-refractivity contribution in [1.82, 2.24) is 15.0 Å². The second kappa shape index (κ2) is 11.2. The molecule has 0 N–H and O–H groups in total. The minimum Gasteiger partial charge on any atom is -0.455 e. The molecule has 2 heterocycles. The smallest absolute Gasteiger partial charge is 0.164 e. The first-order valence-corrected chi connectivity index (χ1v) is 15.7. The maximum absolute atomic E-state index is 6.81. The number of rotatable bonds is 5. The number of hydrogen-bond acceptors (Lipinski definition) is 4. The molecule has 0 aliphatic rings. The average Bonchev–Trinajstić information content (AvgIpc) is 3.52. The minimum atomic E-state index is 0.600. The summed E-state index contributed by atoms with van der Waals surface area (Å²) in [4.78, 5) is 15.1. The van der Waals surface area contributed by atoms with Crippen LogP contribution in [0.4, 0.5) is 0 Å². The molecule has 9 rings (SSSR count). The number of fused-ring (bicyclic) bond motifs is 4. The molecule has 0 spiro atoms. The first-order valence-electron chi connectivity index (χ1n) is 15.7. The van der Waals surface area contributed by atoms with E-state index in [9.17, 15) is 0 Å². The zero-order chi connectivity index (χ0) is 31.2. The second-order valence-corrected chi connectivity index (χ2v) is 11.6. The molecule has 0 bridgehead atoms. The Balaban J connectivity index is 1.33. The average molecular weight is 602 g/mol. The van der Waals surface area contributed by atoms with Crippen LogP contribution >= 0.6 is 0 Å². The Morgan fingerprint density at radius 3 is 1.53 bits per heavy atom. The Morgan fingerprint density at radius 1 is 0.362 bits per heavy atom. The second-order valence-electron chi connectivity index (χ2n) is 11.6. The van der Waals surface area contributed by atoms with Crippen molar-refractivity contribution in [3.63, 3.8) is 0 Å². The summed E-state index contributed by atoms with van der Waals surface area (Å²) in [5, 5.41) is 4.29. The summed E-state index contributed by atoms with van der Waals surface area (Å²) in [6, 6.07) is 56.3. The van der Waals surface area contributed by atoms with Crippen molar-refractivity contribution in [2.45, 2.75) is 0 Å². The summed E-state index contributed by atoms with van der Waals surface area (Å²) >= 11 is 0. The Labute approximate surface area is 271 Å². The molecule has 0 aliphatic heterocycles. The van der Waals surface area contributed by atoms with Gasteiger partial charge in [-0.05, 0) is 57.8 Å². The van der Waals surface area contributed by atoms with Crippen molar-refractivity contribution in [1.29, 1.82) is 0 Å². The summed E-state index contributed by atoms with van der Waals surface area (Å²) in [6.45, 7) is 0. The number of nitrogens with zero attached hydrogens (tertiary/aromatic N) is 3. The fraction of sp³-hybridized carbons (Fsp3) is 0. The molecule has 4 nitrogen and oxygen atoms in total. The van der Waals surface area contributed by atoms with Crippen LogP contribution in [0.1, 0.15) is 0 Å². The molecule has 220 valence electrons. The molecule has 0 atom stereocenters. The standard InChI is InChI=1S/C43H27N3O/c1-4-13-28(14-5-1)31-21-12-22-34(25-31)35-23-24-36(39-37-26-32-19-10-11-20-33(32)27-38(37)47-40(35)39)43-45-41(29-15-6-2-7-16-29)44-42(46-43)30-17-8-3-9-18-30/h1-27H. The van der Waals surface area contributed by atoms with Crippen molar-refractivity contribution in [3.05, 3.63) is 164 Å². The molecule has 0 saturated heterocycles. The van der Waals surface area contributed by atoms with Crippen molar-refractivity contribution < 1.29 is 4.42 Å². The molecule has 47 heavy (non-hydrogen) atoms. The highest BCUT2D eigenvalue weighted by atomic mass is 16.3. The largest absolute Gasteiger partial charge is 0.455 e. The highest BCUT2D eigenvalue weighted by Crippen LogP contribution is 2.43. The quantitative estimate of drug-likeness (QED) is 0.197.